The molecule has 1 aromatic rings. The second kappa shape index (κ2) is 5.30. The summed E-state index contributed by atoms with van der Waals surface area (Å²) >= 11 is 0. The molecule has 0 saturated carbocycles. The van der Waals surface area contributed by atoms with Crippen molar-refractivity contribution in [2.75, 3.05) is 32.9 Å². The predicted molar refractivity (Wildman–Crippen MR) is 69.1 cm³/mol. The third-order valence-corrected chi connectivity index (χ3v) is 3.09. The van der Waals surface area contributed by atoms with Crippen LogP contribution in [0.25, 0.3) is 0 Å². The average molecular weight is 249 g/mol. The summed E-state index contributed by atoms with van der Waals surface area (Å²) in [7, 11) is 4.03. The highest BCUT2D eigenvalue weighted by Gasteiger charge is 2.30. The zero-order valence-corrected chi connectivity index (χ0v) is 10.8. The second-order valence-corrected chi connectivity index (χ2v) is 4.89. The standard InChI is InChI=1S/C12H19N5O/c1-16(2)8-9-4-3-5-17(9)12(18)10-6-14-7-11(13)15-10/h6-7,9H,3-5,8H2,1-2H3,(H2,13,15). The number of carbonyl (C=O) groups is 1. The fraction of sp³-hybridized carbons (Fsp3) is 0.583. The van der Waals surface area contributed by atoms with E-state index >= 15 is 0 Å². The van der Waals surface area contributed by atoms with Gasteiger partial charge in [-0.05, 0) is 26.9 Å². The number of nitrogens with zero attached hydrogens (tertiary/aromatic N) is 4. The fourth-order valence-electron chi connectivity index (χ4n) is 2.35. The summed E-state index contributed by atoms with van der Waals surface area (Å²) in [6.07, 6.45) is 5.00. The summed E-state index contributed by atoms with van der Waals surface area (Å²) < 4.78 is 0. The quantitative estimate of drug-likeness (QED) is 0.829. The van der Waals surface area contributed by atoms with Gasteiger partial charge in [0.25, 0.3) is 5.91 Å². The number of likely N-dealkylation sites (N-methyl/N-ethyl adjacent to an activating group) is 1. The van der Waals surface area contributed by atoms with Gasteiger partial charge in [0.2, 0.25) is 0 Å². The number of anilines is 1. The number of nitrogens with two attached hydrogens (primary N) is 1. The van der Waals surface area contributed by atoms with Crippen LogP contribution in [0.3, 0.4) is 0 Å². The molecule has 18 heavy (non-hydrogen) atoms. The molecule has 0 spiro atoms. The van der Waals surface area contributed by atoms with Crippen LogP contribution in [0, 0.1) is 0 Å². The number of hydrogen-bond acceptors (Lipinski definition) is 5. The predicted octanol–water partition coefficient (Wildman–Crippen LogP) is 0.225. The van der Waals surface area contributed by atoms with E-state index in [1.54, 1.807) is 0 Å². The van der Waals surface area contributed by atoms with E-state index in [0.717, 1.165) is 25.9 Å². The Morgan fingerprint density at radius 1 is 1.56 bits per heavy atom. The minimum absolute atomic E-state index is 0.0702. The normalized spacial score (nSPS) is 19.5. The Bertz CT molecular complexity index is 434. The number of rotatable bonds is 3. The van der Waals surface area contributed by atoms with Gasteiger partial charge in [0.05, 0.1) is 12.4 Å². The lowest BCUT2D eigenvalue weighted by Crippen LogP contribution is -2.41. The first-order valence-corrected chi connectivity index (χ1v) is 6.11. The Morgan fingerprint density at radius 3 is 3.00 bits per heavy atom. The molecule has 1 aliphatic rings. The van der Waals surface area contributed by atoms with Gasteiger partial charge in [0, 0.05) is 19.1 Å². The van der Waals surface area contributed by atoms with Crippen molar-refractivity contribution in [1.82, 2.24) is 19.8 Å². The lowest BCUT2D eigenvalue weighted by atomic mass is 10.2. The SMILES string of the molecule is CN(C)CC1CCCN1C(=O)c1cncc(N)n1. The molecule has 1 amide bonds. The van der Waals surface area contributed by atoms with Gasteiger partial charge >= 0.3 is 0 Å². The minimum Gasteiger partial charge on any atom is -0.382 e. The van der Waals surface area contributed by atoms with Crippen LogP contribution in [-0.4, -0.2) is 58.9 Å². The Kier molecular flexibility index (Phi) is 3.76. The summed E-state index contributed by atoms with van der Waals surface area (Å²) in [5.74, 6) is 0.211. The fourth-order valence-corrected chi connectivity index (χ4v) is 2.35. The van der Waals surface area contributed by atoms with E-state index in [1.165, 1.54) is 12.4 Å². The molecule has 1 aromatic heterocycles. The third-order valence-electron chi connectivity index (χ3n) is 3.09. The Morgan fingerprint density at radius 2 is 2.33 bits per heavy atom. The van der Waals surface area contributed by atoms with Crippen LogP contribution in [0.4, 0.5) is 5.82 Å². The van der Waals surface area contributed by atoms with Crippen molar-refractivity contribution in [1.29, 1.82) is 0 Å². The molecule has 0 aromatic carbocycles. The van der Waals surface area contributed by atoms with Gasteiger partial charge in [-0.1, -0.05) is 0 Å². The zero-order chi connectivity index (χ0) is 13.1. The molecule has 2 rings (SSSR count). The average Bonchev–Trinajstić information content (AvgIpc) is 2.75. The second-order valence-electron chi connectivity index (χ2n) is 4.89. The maximum absolute atomic E-state index is 12.3. The van der Waals surface area contributed by atoms with E-state index in [1.807, 2.05) is 19.0 Å². The maximum Gasteiger partial charge on any atom is 0.274 e. The smallest absolute Gasteiger partial charge is 0.274 e. The van der Waals surface area contributed by atoms with E-state index in [-0.39, 0.29) is 17.8 Å². The van der Waals surface area contributed by atoms with E-state index in [4.69, 9.17) is 5.73 Å². The molecule has 1 aliphatic heterocycles. The molecule has 2 N–H and O–H groups in total. The van der Waals surface area contributed by atoms with Gasteiger partial charge in [-0.2, -0.15) is 0 Å². The van der Waals surface area contributed by atoms with Crippen molar-refractivity contribution >= 4 is 11.7 Å². The summed E-state index contributed by atoms with van der Waals surface area (Å²) in [6.45, 7) is 1.66. The molecule has 0 aliphatic carbocycles. The van der Waals surface area contributed by atoms with Crippen LogP contribution in [0.2, 0.25) is 0 Å². The van der Waals surface area contributed by atoms with Crippen molar-refractivity contribution in [2.24, 2.45) is 0 Å². The van der Waals surface area contributed by atoms with Gasteiger partial charge in [0.15, 0.2) is 0 Å². The first kappa shape index (κ1) is 12.8. The molecule has 6 heteroatoms. The Labute approximate surface area is 107 Å². The molecule has 6 nitrogen and oxygen atoms in total. The van der Waals surface area contributed by atoms with Crippen molar-refractivity contribution < 1.29 is 4.79 Å². The number of nitrogen functional groups attached to an aromatic ring is 1. The summed E-state index contributed by atoms with van der Waals surface area (Å²) in [4.78, 5) is 24.3. The van der Waals surface area contributed by atoms with Crippen LogP contribution in [0.1, 0.15) is 23.3 Å². The molecule has 1 atom stereocenters. The number of carbonyl (C=O) groups excluding carboxylic acids is 1. The largest absolute Gasteiger partial charge is 0.382 e. The first-order chi connectivity index (χ1) is 8.58. The van der Waals surface area contributed by atoms with Crippen LogP contribution < -0.4 is 5.73 Å². The van der Waals surface area contributed by atoms with E-state index in [2.05, 4.69) is 14.9 Å². The van der Waals surface area contributed by atoms with E-state index < -0.39 is 0 Å². The number of aromatic nitrogens is 2. The maximum atomic E-state index is 12.3. The van der Waals surface area contributed by atoms with Gasteiger partial charge in [-0.25, -0.2) is 4.98 Å². The number of hydrogen-bond donors (Lipinski definition) is 1. The number of likely N-dealkylation sites (tertiary alicyclic amines) is 1. The third kappa shape index (κ3) is 2.76. The summed E-state index contributed by atoms with van der Waals surface area (Å²) in [6, 6.07) is 0.260. The molecule has 1 saturated heterocycles. The van der Waals surface area contributed by atoms with Crippen LogP contribution >= 0.6 is 0 Å². The van der Waals surface area contributed by atoms with Gasteiger partial charge in [0.1, 0.15) is 11.5 Å². The van der Waals surface area contributed by atoms with Gasteiger partial charge in [-0.15, -0.1) is 0 Å². The van der Waals surface area contributed by atoms with E-state index in [9.17, 15) is 4.79 Å². The molecular formula is C12H19N5O. The first-order valence-electron chi connectivity index (χ1n) is 6.11. The molecule has 0 bridgehead atoms. The van der Waals surface area contributed by atoms with Crippen molar-refractivity contribution in [3.8, 4) is 0 Å². The lowest BCUT2D eigenvalue weighted by molar-refractivity contribution is 0.0710. The highest BCUT2D eigenvalue weighted by molar-refractivity contribution is 5.92. The number of amides is 1. The topological polar surface area (TPSA) is 75.3 Å². The van der Waals surface area contributed by atoms with Crippen molar-refractivity contribution in [3.63, 3.8) is 0 Å². The monoisotopic (exact) mass is 249 g/mol. The van der Waals surface area contributed by atoms with Crippen LogP contribution in [0.5, 0.6) is 0 Å². The minimum atomic E-state index is -0.0702. The van der Waals surface area contributed by atoms with Gasteiger partial charge in [-0.3, -0.25) is 9.78 Å². The molecular weight excluding hydrogens is 230 g/mol. The summed E-state index contributed by atoms with van der Waals surface area (Å²) in [5, 5.41) is 0. The van der Waals surface area contributed by atoms with Crippen LogP contribution in [-0.2, 0) is 0 Å². The zero-order valence-electron chi connectivity index (χ0n) is 10.8. The van der Waals surface area contributed by atoms with E-state index in [0.29, 0.717) is 5.69 Å². The Hall–Kier alpha value is -1.69. The highest BCUT2D eigenvalue weighted by Crippen LogP contribution is 2.20. The van der Waals surface area contributed by atoms with Crippen LogP contribution in [0.15, 0.2) is 12.4 Å². The summed E-state index contributed by atoms with van der Waals surface area (Å²) in [5.41, 5.74) is 5.89. The lowest BCUT2D eigenvalue weighted by Gasteiger charge is -2.26. The molecule has 1 fully saturated rings. The molecule has 1 unspecified atom stereocenters. The van der Waals surface area contributed by atoms with Crippen molar-refractivity contribution in [3.05, 3.63) is 18.1 Å². The molecule has 2 heterocycles. The molecule has 98 valence electrons. The Balaban J connectivity index is 2.12. The van der Waals surface area contributed by atoms with Gasteiger partial charge < -0.3 is 15.5 Å². The van der Waals surface area contributed by atoms with Crippen molar-refractivity contribution in [2.45, 2.75) is 18.9 Å². The highest BCUT2D eigenvalue weighted by atomic mass is 16.2. The molecule has 0 radical (unpaired) electrons.